The smallest absolute Gasteiger partial charge is 0.270 e. The fourth-order valence-electron chi connectivity index (χ4n) is 3.45. The van der Waals surface area contributed by atoms with Gasteiger partial charge in [0.2, 0.25) is 0 Å². The molecule has 1 aliphatic carbocycles. The molecule has 2 unspecified atom stereocenters. The summed E-state index contributed by atoms with van der Waals surface area (Å²) in [5.41, 5.74) is 3.57. The number of imidazole rings is 1. The maximum Gasteiger partial charge on any atom is 0.270 e. The van der Waals surface area contributed by atoms with Crippen LogP contribution in [-0.4, -0.2) is 21.3 Å². The van der Waals surface area contributed by atoms with E-state index >= 15 is 0 Å². The quantitative estimate of drug-likeness (QED) is 0.942. The molecule has 2 aromatic heterocycles. The van der Waals surface area contributed by atoms with E-state index in [9.17, 15) is 4.79 Å². The van der Waals surface area contributed by atoms with E-state index < -0.39 is 0 Å². The van der Waals surface area contributed by atoms with Crippen LogP contribution < -0.4 is 5.32 Å². The van der Waals surface area contributed by atoms with Crippen LogP contribution >= 0.6 is 0 Å². The monoisotopic (exact) mass is 299 g/mol. The minimum atomic E-state index is 0.0219. The van der Waals surface area contributed by atoms with Gasteiger partial charge in [0.1, 0.15) is 11.3 Å². The SMILES string of the molecule is CCc1nc2ccc(C)cn2c1C(=O)NC1CCCCC1C. The Morgan fingerprint density at radius 3 is 2.86 bits per heavy atom. The Hall–Kier alpha value is -1.84. The number of amides is 1. The maximum absolute atomic E-state index is 12.9. The lowest BCUT2D eigenvalue weighted by Crippen LogP contribution is -2.41. The third kappa shape index (κ3) is 2.74. The summed E-state index contributed by atoms with van der Waals surface area (Å²) in [5.74, 6) is 0.581. The van der Waals surface area contributed by atoms with Gasteiger partial charge in [0, 0.05) is 12.2 Å². The van der Waals surface area contributed by atoms with Crippen molar-refractivity contribution in [2.24, 2.45) is 5.92 Å². The zero-order valence-electron chi connectivity index (χ0n) is 13.7. The molecule has 1 amide bonds. The fraction of sp³-hybridized carbons (Fsp3) is 0.556. The first-order valence-electron chi connectivity index (χ1n) is 8.38. The number of fused-ring (bicyclic) bond motifs is 1. The minimum absolute atomic E-state index is 0.0219. The van der Waals surface area contributed by atoms with Crippen LogP contribution in [0.15, 0.2) is 18.3 Å². The van der Waals surface area contributed by atoms with Crippen molar-refractivity contribution < 1.29 is 4.79 Å². The zero-order valence-corrected chi connectivity index (χ0v) is 13.7. The predicted octanol–water partition coefficient (Wildman–Crippen LogP) is 3.51. The second-order valence-electron chi connectivity index (χ2n) is 6.54. The Morgan fingerprint density at radius 1 is 1.36 bits per heavy atom. The van der Waals surface area contributed by atoms with E-state index in [1.165, 1.54) is 19.3 Å². The van der Waals surface area contributed by atoms with Crippen LogP contribution in [0.5, 0.6) is 0 Å². The van der Waals surface area contributed by atoms with E-state index in [2.05, 4.69) is 24.1 Å². The van der Waals surface area contributed by atoms with E-state index in [-0.39, 0.29) is 5.91 Å². The van der Waals surface area contributed by atoms with Crippen molar-refractivity contribution in [3.8, 4) is 0 Å². The maximum atomic E-state index is 12.9. The molecule has 2 aromatic rings. The number of hydrogen-bond acceptors (Lipinski definition) is 2. The van der Waals surface area contributed by atoms with Crippen LogP contribution in [0.1, 0.15) is 61.3 Å². The molecular weight excluding hydrogens is 274 g/mol. The number of pyridine rings is 1. The Bertz CT molecular complexity index is 689. The van der Waals surface area contributed by atoms with Gasteiger partial charge in [-0.25, -0.2) is 4.98 Å². The van der Waals surface area contributed by atoms with Gasteiger partial charge >= 0.3 is 0 Å². The van der Waals surface area contributed by atoms with Gasteiger partial charge in [-0.15, -0.1) is 0 Å². The Morgan fingerprint density at radius 2 is 2.14 bits per heavy atom. The first kappa shape index (κ1) is 15.1. The summed E-state index contributed by atoms with van der Waals surface area (Å²) in [7, 11) is 0. The first-order chi connectivity index (χ1) is 10.6. The normalized spacial score (nSPS) is 22.0. The lowest BCUT2D eigenvalue weighted by atomic mass is 9.86. The molecule has 118 valence electrons. The Balaban J connectivity index is 1.93. The lowest BCUT2D eigenvalue weighted by Gasteiger charge is -2.29. The highest BCUT2D eigenvalue weighted by atomic mass is 16.2. The number of aromatic nitrogens is 2. The van der Waals surface area contributed by atoms with Crippen LogP contribution in [0.3, 0.4) is 0 Å². The van der Waals surface area contributed by atoms with Crippen molar-refractivity contribution in [3.63, 3.8) is 0 Å². The van der Waals surface area contributed by atoms with Gasteiger partial charge in [-0.2, -0.15) is 0 Å². The number of carbonyl (C=O) groups excluding carboxylic acids is 1. The third-order valence-corrected chi connectivity index (χ3v) is 4.82. The molecule has 0 spiro atoms. The highest BCUT2D eigenvalue weighted by Crippen LogP contribution is 2.24. The number of aryl methyl sites for hydroxylation is 2. The molecule has 2 heterocycles. The van der Waals surface area contributed by atoms with Crippen molar-refractivity contribution in [1.82, 2.24) is 14.7 Å². The second-order valence-corrected chi connectivity index (χ2v) is 6.54. The number of carbonyl (C=O) groups is 1. The fourth-order valence-corrected chi connectivity index (χ4v) is 3.45. The standard InChI is InChI=1S/C18H25N3O/c1-4-14-17(21-11-12(2)9-10-16(21)19-14)18(22)20-15-8-6-5-7-13(15)3/h9-11,13,15H,4-8H2,1-3H3,(H,20,22). The van der Waals surface area contributed by atoms with Gasteiger partial charge in [-0.05, 0) is 43.7 Å². The van der Waals surface area contributed by atoms with Crippen LogP contribution in [0.2, 0.25) is 0 Å². The molecule has 1 aliphatic rings. The van der Waals surface area contributed by atoms with E-state index in [1.54, 1.807) is 0 Å². The number of rotatable bonds is 3. The van der Waals surface area contributed by atoms with Crippen molar-refractivity contribution in [2.75, 3.05) is 0 Å². The van der Waals surface area contributed by atoms with Crippen molar-refractivity contribution in [2.45, 2.75) is 58.9 Å². The molecule has 1 fully saturated rings. The average Bonchev–Trinajstić information content (AvgIpc) is 2.87. The largest absolute Gasteiger partial charge is 0.348 e. The molecular formula is C18H25N3O. The topological polar surface area (TPSA) is 46.4 Å². The molecule has 2 atom stereocenters. The summed E-state index contributed by atoms with van der Waals surface area (Å²) < 4.78 is 1.94. The van der Waals surface area contributed by atoms with E-state index in [0.29, 0.717) is 17.7 Å². The Kier molecular flexibility index (Phi) is 4.19. The molecule has 22 heavy (non-hydrogen) atoms. The summed E-state index contributed by atoms with van der Waals surface area (Å²) in [6.45, 7) is 6.33. The van der Waals surface area contributed by atoms with Gasteiger partial charge < -0.3 is 5.32 Å². The minimum Gasteiger partial charge on any atom is -0.348 e. The predicted molar refractivity (Wildman–Crippen MR) is 88.2 cm³/mol. The van der Waals surface area contributed by atoms with Crippen LogP contribution in [-0.2, 0) is 6.42 Å². The molecule has 4 heteroatoms. The van der Waals surface area contributed by atoms with Gasteiger partial charge in [0.25, 0.3) is 5.91 Å². The molecule has 3 rings (SSSR count). The highest BCUT2D eigenvalue weighted by Gasteiger charge is 2.26. The van der Waals surface area contributed by atoms with Gasteiger partial charge in [-0.1, -0.05) is 32.8 Å². The first-order valence-corrected chi connectivity index (χ1v) is 8.38. The Labute approximate surface area is 131 Å². The van der Waals surface area contributed by atoms with Crippen molar-refractivity contribution in [3.05, 3.63) is 35.3 Å². The number of nitrogens with zero attached hydrogens (tertiary/aromatic N) is 2. The van der Waals surface area contributed by atoms with Gasteiger partial charge in [-0.3, -0.25) is 9.20 Å². The van der Waals surface area contributed by atoms with E-state index in [0.717, 1.165) is 29.7 Å². The van der Waals surface area contributed by atoms with Crippen LogP contribution in [0.25, 0.3) is 5.65 Å². The van der Waals surface area contributed by atoms with Crippen molar-refractivity contribution >= 4 is 11.6 Å². The van der Waals surface area contributed by atoms with Crippen LogP contribution in [0.4, 0.5) is 0 Å². The molecule has 0 bridgehead atoms. The van der Waals surface area contributed by atoms with Crippen LogP contribution in [0, 0.1) is 12.8 Å². The number of nitrogens with one attached hydrogen (secondary N) is 1. The summed E-state index contributed by atoms with van der Waals surface area (Å²) in [4.78, 5) is 17.5. The molecule has 1 saturated carbocycles. The van der Waals surface area contributed by atoms with E-state index in [1.807, 2.05) is 29.7 Å². The molecule has 4 nitrogen and oxygen atoms in total. The highest BCUT2D eigenvalue weighted by molar-refractivity contribution is 5.95. The molecule has 0 aliphatic heterocycles. The summed E-state index contributed by atoms with van der Waals surface area (Å²) in [5, 5.41) is 3.26. The average molecular weight is 299 g/mol. The third-order valence-electron chi connectivity index (χ3n) is 4.82. The molecule has 1 N–H and O–H groups in total. The van der Waals surface area contributed by atoms with Gasteiger partial charge in [0.15, 0.2) is 0 Å². The number of hydrogen-bond donors (Lipinski definition) is 1. The van der Waals surface area contributed by atoms with Crippen molar-refractivity contribution in [1.29, 1.82) is 0 Å². The molecule has 0 saturated heterocycles. The van der Waals surface area contributed by atoms with Gasteiger partial charge in [0.05, 0.1) is 5.69 Å². The second kappa shape index (κ2) is 6.11. The lowest BCUT2D eigenvalue weighted by molar-refractivity contribution is 0.0903. The summed E-state index contributed by atoms with van der Waals surface area (Å²) in [6, 6.07) is 4.31. The summed E-state index contributed by atoms with van der Waals surface area (Å²) >= 11 is 0. The molecule has 0 radical (unpaired) electrons. The zero-order chi connectivity index (χ0) is 15.7. The molecule has 0 aromatic carbocycles. The summed E-state index contributed by atoms with van der Waals surface area (Å²) in [6.07, 6.45) is 7.55. The van der Waals surface area contributed by atoms with E-state index in [4.69, 9.17) is 0 Å².